The molecule has 2 aromatic heterocycles. The molecule has 0 atom stereocenters. The summed E-state index contributed by atoms with van der Waals surface area (Å²) >= 11 is 1.39. The fourth-order valence-electron chi connectivity index (χ4n) is 3.51. The molecule has 0 saturated carbocycles. The van der Waals surface area contributed by atoms with Crippen LogP contribution < -0.4 is 10.3 Å². The van der Waals surface area contributed by atoms with Crippen molar-refractivity contribution in [3.63, 3.8) is 0 Å². The van der Waals surface area contributed by atoms with Crippen LogP contribution in [0.15, 0.2) is 27.9 Å². The second kappa shape index (κ2) is 8.02. The van der Waals surface area contributed by atoms with E-state index >= 15 is 0 Å². The van der Waals surface area contributed by atoms with Gasteiger partial charge in [0.2, 0.25) is 10.0 Å². The number of aromatic amines is 1. The van der Waals surface area contributed by atoms with Crippen LogP contribution in [0.5, 0.6) is 5.75 Å². The molecule has 0 amide bonds. The van der Waals surface area contributed by atoms with Gasteiger partial charge in [0.25, 0.3) is 5.56 Å². The molecular formula is C19H20N4O6S2. The normalized spacial score (nSPS) is 14.9. The summed E-state index contributed by atoms with van der Waals surface area (Å²) in [7, 11) is -3.80. The third-order valence-corrected chi connectivity index (χ3v) is 8.28. The van der Waals surface area contributed by atoms with E-state index in [1.165, 1.54) is 27.8 Å². The molecule has 0 aliphatic carbocycles. The number of nitro groups is 1. The predicted octanol–water partition coefficient (Wildman–Crippen LogP) is 2.87. The molecule has 1 aromatic carbocycles. The highest BCUT2D eigenvalue weighted by molar-refractivity contribution is 7.89. The second-order valence-corrected chi connectivity index (χ2v) is 10.4. The monoisotopic (exact) mass is 464 g/mol. The lowest BCUT2D eigenvalue weighted by molar-refractivity contribution is -0.386. The number of benzene rings is 1. The Morgan fingerprint density at radius 1 is 1.29 bits per heavy atom. The van der Waals surface area contributed by atoms with E-state index in [1.54, 1.807) is 0 Å². The fraction of sp³-hybridized carbons (Fsp3) is 0.368. The van der Waals surface area contributed by atoms with Crippen LogP contribution in [0.2, 0.25) is 0 Å². The molecule has 1 fully saturated rings. The number of nitrogens with zero attached hydrogens (tertiary/aromatic N) is 3. The molecule has 0 unspecified atom stereocenters. The minimum atomic E-state index is -3.80. The molecule has 31 heavy (non-hydrogen) atoms. The van der Waals surface area contributed by atoms with Crippen LogP contribution in [0, 0.1) is 24.0 Å². The molecule has 10 nitrogen and oxygen atoms in total. The van der Waals surface area contributed by atoms with Crippen LogP contribution in [0.1, 0.15) is 29.1 Å². The maximum Gasteiger partial charge on any atom is 0.312 e. The van der Waals surface area contributed by atoms with Crippen molar-refractivity contribution in [2.45, 2.75) is 38.2 Å². The van der Waals surface area contributed by atoms with Gasteiger partial charge in [-0.3, -0.25) is 14.9 Å². The number of nitrogens with one attached hydrogen (secondary N) is 1. The SMILES string of the molecule is Cc1sc2nc(COc3ccc(S(=O)(=O)N4CCCC4)cc3[N+](=O)[O-])[nH]c(=O)c2c1C. The van der Waals surface area contributed by atoms with E-state index in [4.69, 9.17) is 4.74 Å². The van der Waals surface area contributed by atoms with Crippen molar-refractivity contribution in [3.8, 4) is 5.75 Å². The van der Waals surface area contributed by atoms with Crippen LogP contribution in [-0.4, -0.2) is 40.7 Å². The maximum absolute atomic E-state index is 12.7. The van der Waals surface area contributed by atoms with Gasteiger partial charge in [0.05, 0.1) is 15.2 Å². The molecule has 0 spiro atoms. The number of hydrogen-bond donors (Lipinski definition) is 1. The Labute approximate surface area is 181 Å². The van der Waals surface area contributed by atoms with Crippen LogP contribution in [0.25, 0.3) is 10.2 Å². The molecule has 164 valence electrons. The van der Waals surface area contributed by atoms with Gasteiger partial charge in [-0.05, 0) is 44.4 Å². The van der Waals surface area contributed by atoms with E-state index in [2.05, 4.69) is 9.97 Å². The van der Waals surface area contributed by atoms with E-state index in [-0.39, 0.29) is 28.6 Å². The predicted molar refractivity (Wildman–Crippen MR) is 115 cm³/mol. The molecule has 1 saturated heterocycles. The first-order valence-electron chi connectivity index (χ1n) is 9.59. The summed E-state index contributed by atoms with van der Waals surface area (Å²) in [5.41, 5.74) is 0.102. The Morgan fingerprint density at radius 2 is 2.00 bits per heavy atom. The highest BCUT2D eigenvalue weighted by Crippen LogP contribution is 2.32. The number of sulfonamides is 1. The van der Waals surface area contributed by atoms with Gasteiger partial charge >= 0.3 is 5.69 Å². The smallest absolute Gasteiger partial charge is 0.312 e. The van der Waals surface area contributed by atoms with Crippen molar-refractivity contribution in [1.82, 2.24) is 14.3 Å². The number of rotatable bonds is 6. The fourth-order valence-corrected chi connectivity index (χ4v) is 6.10. The van der Waals surface area contributed by atoms with Crippen molar-refractivity contribution in [2.75, 3.05) is 13.1 Å². The van der Waals surface area contributed by atoms with Gasteiger partial charge in [-0.1, -0.05) is 0 Å². The Bertz CT molecular complexity index is 1340. The minimum absolute atomic E-state index is 0.105. The molecular weight excluding hydrogens is 444 g/mol. The van der Waals surface area contributed by atoms with Gasteiger partial charge in [0.15, 0.2) is 5.75 Å². The molecule has 1 aliphatic rings. The summed E-state index contributed by atoms with van der Waals surface area (Å²) in [4.78, 5) is 31.7. The molecule has 4 rings (SSSR count). The van der Waals surface area contributed by atoms with Crippen LogP contribution >= 0.6 is 11.3 Å². The summed E-state index contributed by atoms with van der Waals surface area (Å²) in [6.07, 6.45) is 1.53. The Balaban J connectivity index is 1.62. The standard InChI is InChI=1S/C19H20N4O6S2/c1-11-12(2)30-19-17(11)18(24)20-16(21-19)10-29-15-6-5-13(9-14(15)23(25)26)31(27,28)22-7-3-4-8-22/h5-6,9H,3-4,7-8,10H2,1-2H3,(H,20,21,24). The average Bonchev–Trinajstić information content (AvgIpc) is 3.35. The first-order valence-corrected chi connectivity index (χ1v) is 11.8. The van der Waals surface area contributed by atoms with Crippen molar-refractivity contribution >= 4 is 37.3 Å². The summed E-state index contributed by atoms with van der Waals surface area (Å²) in [6, 6.07) is 3.56. The topological polar surface area (TPSA) is 136 Å². The molecule has 1 N–H and O–H groups in total. The number of aryl methyl sites for hydroxylation is 2. The Morgan fingerprint density at radius 3 is 2.68 bits per heavy atom. The van der Waals surface area contributed by atoms with Gasteiger partial charge in [-0.15, -0.1) is 11.3 Å². The minimum Gasteiger partial charge on any atom is -0.479 e. The van der Waals surface area contributed by atoms with Gasteiger partial charge in [-0.2, -0.15) is 4.31 Å². The number of nitro benzene ring substituents is 1. The number of fused-ring (bicyclic) bond motifs is 1. The third-order valence-electron chi connectivity index (χ3n) is 5.28. The zero-order valence-electron chi connectivity index (χ0n) is 16.9. The Kier molecular flexibility index (Phi) is 5.54. The summed E-state index contributed by atoms with van der Waals surface area (Å²) in [5.74, 6) is 0.119. The lowest BCUT2D eigenvalue weighted by Gasteiger charge is -2.15. The second-order valence-electron chi connectivity index (χ2n) is 7.26. The van der Waals surface area contributed by atoms with Crippen molar-refractivity contribution in [3.05, 3.63) is 54.9 Å². The number of ether oxygens (including phenoxy) is 1. The molecule has 3 aromatic rings. The van der Waals surface area contributed by atoms with E-state index in [0.29, 0.717) is 23.3 Å². The summed E-state index contributed by atoms with van der Waals surface area (Å²) in [5, 5.41) is 12.1. The zero-order chi connectivity index (χ0) is 22.3. The quantitative estimate of drug-likeness (QED) is 0.438. The number of aromatic nitrogens is 2. The number of thiophene rings is 1. The molecule has 0 bridgehead atoms. The third kappa shape index (κ3) is 3.93. The number of hydrogen-bond acceptors (Lipinski definition) is 8. The van der Waals surface area contributed by atoms with E-state index in [9.17, 15) is 23.3 Å². The van der Waals surface area contributed by atoms with Crippen molar-refractivity contribution in [2.24, 2.45) is 0 Å². The average molecular weight is 465 g/mol. The highest BCUT2D eigenvalue weighted by atomic mass is 32.2. The van der Waals surface area contributed by atoms with Crippen LogP contribution in [0.4, 0.5) is 5.69 Å². The maximum atomic E-state index is 12.7. The molecule has 0 radical (unpaired) electrons. The van der Waals surface area contributed by atoms with E-state index in [1.807, 2.05) is 13.8 Å². The largest absolute Gasteiger partial charge is 0.479 e. The molecule has 12 heteroatoms. The van der Waals surface area contributed by atoms with Crippen molar-refractivity contribution in [1.29, 1.82) is 0 Å². The highest BCUT2D eigenvalue weighted by Gasteiger charge is 2.30. The van der Waals surface area contributed by atoms with Crippen LogP contribution in [0.3, 0.4) is 0 Å². The van der Waals surface area contributed by atoms with Gasteiger partial charge in [0, 0.05) is 24.0 Å². The lowest BCUT2D eigenvalue weighted by atomic mass is 10.2. The van der Waals surface area contributed by atoms with E-state index in [0.717, 1.165) is 29.3 Å². The summed E-state index contributed by atoms with van der Waals surface area (Å²) < 4.78 is 32.3. The lowest BCUT2D eigenvalue weighted by Crippen LogP contribution is -2.27. The van der Waals surface area contributed by atoms with E-state index < -0.39 is 20.6 Å². The first-order chi connectivity index (χ1) is 14.7. The Hall–Kier alpha value is -2.83. The van der Waals surface area contributed by atoms with Crippen molar-refractivity contribution < 1.29 is 18.1 Å². The molecule has 1 aliphatic heterocycles. The number of H-pyrrole nitrogens is 1. The summed E-state index contributed by atoms with van der Waals surface area (Å²) in [6.45, 7) is 4.34. The van der Waals surface area contributed by atoms with Gasteiger partial charge in [0.1, 0.15) is 17.3 Å². The first kappa shape index (κ1) is 21.4. The van der Waals surface area contributed by atoms with Crippen LogP contribution in [-0.2, 0) is 16.6 Å². The zero-order valence-corrected chi connectivity index (χ0v) is 18.5. The van der Waals surface area contributed by atoms with Gasteiger partial charge < -0.3 is 9.72 Å². The molecule has 3 heterocycles. The van der Waals surface area contributed by atoms with Gasteiger partial charge in [-0.25, -0.2) is 13.4 Å².